The van der Waals surface area contributed by atoms with Gasteiger partial charge in [0.05, 0.1) is 5.56 Å². The molecule has 0 amide bonds. The highest BCUT2D eigenvalue weighted by molar-refractivity contribution is 6.66. The lowest BCUT2D eigenvalue weighted by Crippen LogP contribution is -2.12. The number of nitrogens with zero attached hydrogens (tertiary/aromatic N) is 2. The molecule has 0 fully saturated rings. The molecule has 7 heteroatoms. The molecule has 0 bridgehead atoms. The average Bonchev–Trinajstić information content (AvgIpc) is 2.15. The molecule has 0 aromatic carbocycles. The summed E-state index contributed by atoms with van der Waals surface area (Å²) in [7, 11) is 1.62. The van der Waals surface area contributed by atoms with Crippen LogP contribution in [-0.4, -0.2) is 22.8 Å². The number of hydrogen-bond donors (Lipinski definition) is 1. The fraction of sp³-hybridized carbons (Fsp3) is 0.375. The Bertz CT molecular complexity index is 389. The number of rotatable bonds is 2. The highest BCUT2D eigenvalue weighted by Gasteiger charge is 2.27. The first-order chi connectivity index (χ1) is 6.86. The minimum Gasteiger partial charge on any atom is -0.372 e. The summed E-state index contributed by atoms with van der Waals surface area (Å²) in [5, 5.41) is 2.74. The third kappa shape index (κ3) is 2.93. The van der Waals surface area contributed by atoms with Crippen LogP contribution >= 0.6 is 34.8 Å². The molecule has 82 valence electrons. The van der Waals surface area contributed by atoms with Crippen LogP contribution in [-0.2, 0) is 3.79 Å². The van der Waals surface area contributed by atoms with E-state index in [1.165, 1.54) is 13.1 Å². The number of alkyl halides is 3. The first kappa shape index (κ1) is 12.5. The molecule has 1 rings (SSSR count). The van der Waals surface area contributed by atoms with Crippen LogP contribution in [0.2, 0.25) is 0 Å². The van der Waals surface area contributed by atoms with Crippen molar-refractivity contribution in [3.63, 3.8) is 0 Å². The van der Waals surface area contributed by atoms with Crippen molar-refractivity contribution in [2.24, 2.45) is 0 Å². The number of carbonyl (C=O) groups excluding carboxylic acids is 1. The second kappa shape index (κ2) is 4.51. The van der Waals surface area contributed by atoms with E-state index in [1.54, 1.807) is 7.05 Å². The van der Waals surface area contributed by atoms with Crippen molar-refractivity contribution in [1.29, 1.82) is 0 Å². The molecule has 0 radical (unpaired) electrons. The largest absolute Gasteiger partial charge is 0.372 e. The van der Waals surface area contributed by atoms with E-state index in [9.17, 15) is 4.79 Å². The zero-order valence-corrected chi connectivity index (χ0v) is 10.3. The van der Waals surface area contributed by atoms with E-state index >= 15 is 0 Å². The Hall–Kier alpha value is -0.580. The van der Waals surface area contributed by atoms with Gasteiger partial charge >= 0.3 is 0 Å². The van der Waals surface area contributed by atoms with Gasteiger partial charge in [0.1, 0.15) is 5.82 Å². The minimum absolute atomic E-state index is 0.0295. The second-order valence-corrected chi connectivity index (χ2v) is 5.04. The topological polar surface area (TPSA) is 54.9 Å². The van der Waals surface area contributed by atoms with Crippen LogP contribution in [0.15, 0.2) is 6.20 Å². The van der Waals surface area contributed by atoms with E-state index in [0.29, 0.717) is 11.4 Å². The van der Waals surface area contributed by atoms with Crippen molar-refractivity contribution in [1.82, 2.24) is 9.97 Å². The van der Waals surface area contributed by atoms with Gasteiger partial charge in [0.2, 0.25) is 3.79 Å². The van der Waals surface area contributed by atoms with Gasteiger partial charge in [-0.1, -0.05) is 34.8 Å². The van der Waals surface area contributed by atoms with Gasteiger partial charge in [-0.05, 0) is 6.92 Å². The van der Waals surface area contributed by atoms with Gasteiger partial charge < -0.3 is 5.32 Å². The van der Waals surface area contributed by atoms with Crippen LogP contribution < -0.4 is 5.32 Å². The molecule has 0 aliphatic carbocycles. The van der Waals surface area contributed by atoms with E-state index in [4.69, 9.17) is 34.8 Å². The SMILES string of the molecule is CNc1nc(C(Cl)(Cl)Cl)ncc1C(C)=O. The quantitative estimate of drug-likeness (QED) is 0.661. The lowest BCUT2D eigenvalue weighted by Gasteiger charge is -2.11. The Labute approximate surface area is 102 Å². The molecule has 0 atom stereocenters. The number of hydrogen-bond acceptors (Lipinski definition) is 4. The number of carbonyl (C=O) groups is 1. The van der Waals surface area contributed by atoms with Gasteiger partial charge in [-0.3, -0.25) is 4.79 Å². The van der Waals surface area contributed by atoms with Crippen molar-refractivity contribution >= 4 is 46.4 Å². The van der Waals surface area contributed by atoms with E-state index in [1.807, 2.05) is 0 Å². The lowest BCUT2D eigenvalue weighted by atomic mass is 10.2. The molecular weight excluding hydrogens is 260 g/mol. The zero-order valence-electron chi connectivity index (χ0n) is 8.01. The summed E-state index contributed by atoms with van der Waals surface area (Å²) in [4.78, 5) is 18.9. The average molecular weight is 269 g/mol. The minimum atomic E-state index is -1.69. The molecule has 1 aromatic rings. The molecule has 15 heavy (non-hydrogen) atoms. The van der Waals surface area contributed by atoms with Crippen LogP contribution in [0, 0.1) is 0 Å². The number of aromatic nitrogens is 2. The molecule has 0 aliphatic heterocycles. The molecule has 1 N–H and O–H groups in total. The standard InChI is InChI=1S/C8H8Cl3N3O/c1-4(15)5-3-13-7(8(9,10)11)14-6(5)12-2/h3H,1-2H3,(H,12,13,14). The van der Waals surface area contributed by atoms with Crippen LogP contribution in [0.4, 0.5) is 5.82 Å². The second-order valence-electron chi connectivity index (χ2n) is 2.76. The maximum absolute atomic E-state index is 11.2. The summed E-state index contributed by atoms with van der Waals surface area (Å²) in [5.41, 5.74) is 0.357. The molecule has 0 saturated heterocycles. The molecular formula is C8H8Cl3N3O. The van der Waals surface area contributed by atoms with Crippen molar-refractivity contribution in [3.05, 3.63) is 17.6 Å². The fourth-order valence-electron chi connectivity index (χ4n) is 0.967. The number of anilines is 1. The van der Waals surface area contributed by atoms with Crippen molar-refractivity contribution in [3.8, 4) is 0 Å². The number of halogens is 3. The molecule has 0 unspecified atom stereocenters. The number of nitrogens with one attached hydrogen (secondary N) is 1. The summed E-state index contributed by atoms with van der Waals surface area (Å²) in [6, 6.07) is 0. The summed E-state index contributed by atoms with van der Waals surface area (Å²) >= 11 is 16.8. The van der Waals surface area contributed by atoms with Gasteiger partial charge in [-0.15, -0.1) is 0 Å². The van der Waals surface area contributed by atoms with Gasteiger partial charge in [0.15, 0.2) is 11.6 Å². The molecule has 1 aromatic heterocycles. The highest BCUT2D eigenvalue weighted by Crippen LogP contribution is 2.36. The van der Waals surface area contributed by atoms with Crippen LogP contribution in [0.3, 0.4) is 0 Å². The van der Waals surface area contributed by atoms with E-state index in [2.05, 4.69) is 15.3 Å². The third-order valence-corrected chi connectivity index (χ3v) is 2.17. The number of ketones is 1. The van der Waals surface area contributed by atoms with Crippen molar-refractivity contribution in [2.45, 2.75) is 10.7 Å². The monoisotopic (exact) mass is 267 g/mol. The van der Waals surface area contributed by atoms with Crippen molar-refractivity contribution < 1.29 is 4.79 Å². The zero-order chi connectivity index (χ0) is 11.6. The van der Waals surface area contributed by atoms with Crippen LogP contribution in [0.25, 0.3) is 0 Å². The van der Waals surface area contributed by atoms with Crippen LogP contribution in [0.5, 0.6) is 0 Å². The third-order valence-electron chi connectivity index (χ3n) is 1.66. The smallest absolute Gasteiger partial charge is 0.250 e. The maximum Gasteiger partial charge on any atom is 0.250 e. The molecule has 0 spiro atoms. The molecule has 4 nitrogen and oxygen atoms in total. The Balaban J connectivity index is 3.25. The normalized spacial score (nSPS) is 11.3. The summed E-state index contributed by atoms with van der Waals surface area (Å²) in [6.07, 6.45) is 1.33. The van der Waals surface area contributed by atoms with E-state index in [0.717, 1.165) is 0 Å². The first-order valence-corrected chi connectivity index (χ1v) is 5.12. The van der Waals surface area contributed by atoms with E-state index < -0.39 is 3.79 Å². The molecule has 0 saturated carbocycles. The van der Waals surface area contributed by atoms with Gasteiger partial charge in [0.25, 0.3) is 0 Å². The van der Waals surface area contributed by atoms with Crippen LogP contribution in [0.1, 0.15) is 23.1 Å². The first-order valence-electron chi connectivity index (χ1n) is 3.99. The van der Waals surface area contributed by atoms with Crippen molar-refractivity contribution in [2.75, 3.05) is 12.4 Å². The summed E-state index contributed by atoms with van der Waals surface area (Å²) in [6.45, 7) is 1.41. The maximum atomic E-state index is 11.2. The Morgan fingerprint density at radius 3 is 2.47 bits per heavy atom. The molecule has 1 heterocycles. The summed E-state index contributed by atoms with van der Waals surface area (Å²) in [5.74, 6) is 0.218. The van der Waals surface area contributed by atoms with Gasteiger partial charge in [0, 0.05) is 13.2 Å². The summed E-state index contributed by atoms with van der Waals surface area (Å²) < 4.78 is -1.69. The predicted octanol–water partition coefficient (Wildman–Crippen LogP) is 2.55. The van der Waals surface area contributed by atoms with E-state index in [-0.39, 0.29) is 11.6 Å². The Morgan fingerprint density at radius 1 is 1.47 bits per heavy atom. The lowest BCUT2D eigenvalue weighted by molar-refractivity contribution is 0.101. The van der Waals surface area contributed by atoms with Gasteiger partial charge in [-0.25, -0.2) is 9.97 Å². The van der Waals surface area contributed by atoms with Gasteiger partial charge in [-0.2, -0.15) is 0 Å². The fourth-order valence-corrected chi connectivity index (χ4v) is 1.24. The Kier molecular flexibility index (Phi) is 3.76. The number of Topliss-reactive ketones (excluding diaryl/α,β-unsaturated/α-hetero) is 1. The highest BCUT2D eigenvalue weighted by atomic mass is 35.6. The Morgan fingerprint density at radius 2 is 2.07 bits per heavy atom. The molecule has 0 aliphatic rings. The predicted molar refractivity (Wildman–Crippen MR) is 60.8 cm³/mol.